The van der Waals surface area contributed by atoms with E-state index in [-0.39, 0.29) is 34.5 Å². The summed E-state index contributed by atoms with van der Waals surface area (Å²) in [7, 11) is 0. The van der Waals surface area contributed by atoms with Crippen LogP contribution in [-0.2, 0) is 9.47 Å². The second-order valence-electron chi connectivity index (χ2n) is 4.65. The highest BCUT2D eigenvalue weighted by Crippen LogP contribution is 2.31. The minimum Gasteiger partial charge on any atom is -0.460 e. The maximum atomic E-state index is 11.8. The molecule has 0 N–H and O–H groups in total. The number of hydrogen-bond donors (Lipinski definition) is 0. The van der Waals surface area contributed by atoms with Gasteiger partial charge in [0.2, 0.25) is 0 Å². The zero-order valence-electron chi connectivity index (χ0n) is 11.6. The molecular formula is C13H15Cl2NO5. The van der Waals surface area contributed by atoms with Crippen molar-refractivity contribution in [3.63, 3.8) is 0 Å². The van der Waals surface area contributed by atoms with E-state index in [9.17, 15) is 14.9 Å². The summed E-state index contributed by atoms with van der Waals surface area (Å²) in [5.74, 6) is -0.399. The zero-order chi connectivity index (χ0) is 16.0. The predicted molar refractivity (Wildman–Crippen MR) is 79.1 cm³/mol. The molecule has 21 heavy (non-hydrogen) atoms. The van der Waals surface area contributed by atoms with Gasteiger partial charge in [-0.3, -0.25) is 10.1 Å². The summed E-state index contributed by atoms with van der Waals surface area (Å²) < 4.78 is 10.2. The molecule has 1 aromatic rings. The van der Waals surface area contributed by atoms with E-state index in [1.54, 1.807) is 0 Å². The highest BCUT2D eigenvalue weighted by Gasteiger charge is 2.20. The number of rotatable bonds is 7. The standard InChI is InChI=1S/C13H15Cl2NO5/c1-8(2)7-20-3-4-21-13(17)10-5-9(16(18)19)6-11(14)12(10)15/h5-6,8H,3-4,7H2,1-2H3. The van der Waals surface area contributed by atoms with Crippen LogP contribution in [0.2, 0.25) is 10.0 Å². The van der Waals surface area contributed by atoms with Gasteiger partial charge in [0.05, 0.1) is 27.1 Å². The zero-order valence-corrected chi connectivity index (χ0v) is 13.1. The van der Waals surface area contributed by atoms with Crippen molar-refractivity contribution in [3.8, 4) is 0 Å². The van der Waals surface area contributed by atoms with Crippen molar-refractivity contribution >= 4 is 34.9 Å². The molecule has 0 aliphatic rings. The highest BCUT2D eigenvalue weighted by atomic mass is 35.5. The Morgan fingerprint density at radius 3 is 2.57 bits per heavy atom. The first-order valence-corrected chi connectivity index (χ1v) is 6.96. The van der Waals surface area contributed by atoms with Crippen LogP contribution in [0.3, 0.4) is 0 Å². The lowest BCUT2D eigenvalue weighted by Crippen LogP contribution is -2.13. The first-order chi connectivity index (χ1) is 9.82. The molecule has 0 aliphatic carbocycles. The number of benzene rings is 1. The summed E-state index contributed by atoms with van der Waals surface area (Å²) in [6, 6.07) is 2.11. The molecule has 0 atom stereocenters. The average molecular weight is 336 g/mol. The Bertz CT molecular complexity index is 534. The largest absolute Gasteiger partial charge is 0.460 e. The van der Waals surface area contributed by atoms with Gasteiger partial charge in [-0.25, -0.2) is 4.79 Å². The number of non-ortho nitro benzene ring substituents is 1. The van der Waals surface area contributed by atoms with Gasteiger partial charge in [0, 0.05) is 18.7 Å². The van der Waals surface area contributed by atoms with Crippen molar-refractivity contribution in [2.45, 2.75) is 13.8 Å². The van der Waals surface area contributed by atoms with Gasteiger partial charge >= 0.3 is 5.97 Å². The number of nitrogens with zero attached hydrogens (tertiary/aromatic N) is 1. The van der Waals surface area contributed by atoms with Crippen LogP contribution in [0.25, 0.3) is 0 Å². The second-order valence-corrected chi connectivity index (χ2v) is 5.44. The van der Waals surface area contributed by atoms with Crippen molar-refractivity contribution in [2.24, 2.45) is 5.92 Å². The average Bonchev–Trinajstić information content (AvgIpc) is 2.40. The summed E-state index contributed by atoms with van der Waals surface area (Å²) in [6.45, 7) is 4.82. The van der Waals surface area contributed by atoms with Crippen LogP contribution in [0.15, 0.2) is 12.1 Å². The van der Waals surface area contributed by atoms with E-state index in [2.05, 4.69) is 0 Å². The van der Waals surface area contributed by atoms with Crippen molar-refractivity contribution in [1.29, 1.82) is 0 Å². The van der Waals surface area contributed by atoms with Crippen LogP contribution < -0.4 is 0 Å². The molecule has 8 heteroatoms. The fraction of sp³-hybridized carbons (Fsp3) is 0.462. The highest BCUT2D eigenvalue weighted by molar-refractivity contribution is 6.43. The molecule has 0 bridgehead atoms. The lowest BCUT2D eigenvalue weighted by atomic mass is 10.2. The molecule has 1 rings (SSSR count). The summed E-state index contributed by atoms with van der Waals surface area (Å²) in [5, 5.41) is 10.6. The Kier molecular flexibility index (Phi) is 6.87. The third kappa shape index (κ3) is 5.49. The van der Waals surface area contributed by atoms with Crippen molar-refractivity contribution in [2.75, 3.05) is 19.8 Å². The van der Waals surface area contributed by atoms with E-state index < -0.39 is 10.9 Å². The predicted octanol–water partition coefficient (Wildman–Crippen LogP) is 3.73. The number of hydrogen-bond acceptors (Lipinski definition) is 5. The van der Waals surface area contributed by atoms with E-state index in [0.29, 0.717) is 12.5 Å². The third-order valence-corrected chi connectivity index (χ3v) is 3.16. The van der Waals surface area contributed by atoms with Crippen LogP contribution in [0, 0.1) is 16.0 Å². The molecule has 0 saturated carbocycles. The monoisotopic (exact) mass is 335 g/mol. The van der Waals surface area contributed by atoms with E-state index in [4.69, 9.17) is 32.7 Å². The molecule has 0 radical (unpaired) electrons. The number of nitro benzene ring substituents is 1. The van der Waals surface area contributed by atoms with Gasteiger partial charge in [-0.2, -0.15) is 0 Å². The lowest BCUT2D eigenvalue weighted by molar-refractivity contribution is -0.384. The Morgan fingerprint density at radius 1 is 1.33 bits per heavy atom. The number of nitro groups is 1. The molecule has 0 aliphatic heterocycles. The Hall–Kier alpha value is -1.37. The van der Waals surface area contributed by atoms with E-state index in [0.717, 1.165) is 12.1 Å². The Morgan fingerprint density at radius 2 is 2.00 bits per heavy atom. The minimum absolute atomic E-state index is 0.0300. The number of esters is 1. The van der Waals surface area contributed by atoms with Gasteiger partial charge < -0.3 is 9.47 Å². The molecular weight excluding hydrogens is 321 g/mol. The molecule has 0 fully saturated rings. The fourth-order valence-corrected chi connectivity index (χ4v) is 1.82. The van der Waals surface area contributed by atoms with Gasteiger partial charge in [-0.05, 0) is 5.92 Å². The van der Waals surface area contributed by atoms with Crippen molar-refractivity contribution in [3.05, 3.63) is 37.9 Å². The molecule has 0 saturated heterocycles. The molecule has 0 unspecified atom stereocenters. The molecule has 116 valence electrons. The van der Waals surface area contributed by atoms with Gasteiger partial charge in [-0.1, -0.05) is 37.0 Å². The molecule has 0 aromatic heterocycles. The number of carbonyl (C=O) groups is 1. The first-order valence-electron chi connectivity index (χ1n) is 6.21. The van der Waals surface area contributed by atoms with E-state index in [1.807, 2.05) is 13.8 Å². The summed E-state index contributed by atoms with van der Waals surface area (Å²) >= 11 is 11.6. The maximum absolute atomic E-state index is 11.8. The van der Waals surface area contributed by atoms with Crippen LogP contribution >= 0.6 is 23.2 Å². The lowest BCUT2D eigenvalue weighted by Gasteiger charge is -2.09. The third-order valence-electron chi connectivity index (χ3n) is 2.36. The molecule has 0 heterocycles. The van der Waals surface area contributed by atoms with Crippen molar-refractivity contribution in [1.82, 2.24) is 0 Å². The Labute approximate surface area is 132 Å². The molecule has 0 spiro atoms. The molecule has 1 aromatic carbocycles. The summed E-state index contributed by atoms with van der Waals surface area (Å²) in [5.41, 5.74) is -0.466. The van der Waals surface area contributed by atoms with E-state index >= 15 is 0 Å². The van der Waals surface area contributed by atoms with Crippen molar-refractivity contribution < 1.29 is 19.2 Å². The number of carbonyl (C=O) groups excluding carboxylic acids is 1. The maximum Gasteiger partial charge on any atom is 0.340 e. The topological polar surface area (TPSA) is 78.7 Å². The van der Waals surface area contributed by atoms with Crippen LogP contribution in [0.4, 0.5) is 5.69 Å². The molecule has 6 nitrogen and oxygen atoms in total. The summed E-state index contributed by atoms with van der Waals surface area (Å²) in [6.07, 6.45) is 0. The number of ether oxygens (including phenoxy) is 2. The molecule has 0 amide bonds. The van der Waals surface area contributed by atoms with Gasteiger partial charge in [0.25, 0.3) is 5.69 Å². The number of halogens is 2. The normalized spacial score (nSPS) is 10.7. The quantitative estimate of drug-likeness (QED) is 0.328. The van der Waals surface area contributed by atoms with Crippen LogP contribution in [-0.4, -0.2) is 30.7 Å². The van der Waals surface area contributed by atoms with Crippen LogP contribution in [0.5, 0.6) is 0 Å². The van der Waals surface area contributed by atoms with Gasteiger partial charge in [-0.15, -0.1) is 0 Å². The Balaban J connectivity index is 2.67. The van der Waals surface area contributed by atoms with Gasteiger partial charge in [0.15, 0.2) is 0 Å². The fourth-order valence-electron chi connectivity index (χ4n) is 1.42. The van der Waals surface area contributed by atoms with E-state index in [1.165, 1.54) is 0 Å². The minimum atomic E-state index is -0.779. The smallest absolute Gasteiger partial charge is 0.340 e. The van der Waals surface area contributed by atoms with Gasteiger partial charge in [0.1, 0.15) is 6.61 Å². The first kappa shape index (κ1) is 17.7. The van der Waals surface area contributed by atoms with Crippen LogP contribution in [0.1, 0.15) is 24.2 Å². The SMILES string of the molecule is CC(C)COCCOC(=O)c1cc([N+](=O)[O-])cc(Cl)c1Cl. The summed E-state index contributed by atoms with van der Waals surface area (Å²) in [4.78, 5) is 21.9. The second kappa shape index (κ2) is 8.17.